The predicted octanol–water partition coefficient (Wildman–Crippen LogP) is 6.66. The summed E-state index contributed by atoms with van der Waals surface area (Å²) in [5.74, 6) is -0.276. The molecular weight excluding hydrogens is 400 g/mol. The lowest BCUT2D eigenvalue weighted by molar-refractivity contribution is 0.0696. The van der Waals surface area contributed by atoms with Crippen LogP contribution in [0.3, 0.4) is 0 Å². The lowest BCUT2D eigenvalue weighted by Gasteiger charge is -2.30. The van der Waals surface area contributed by atoms with E-state index in [1.54, 1.807) is 6.07 Å². The quantitative estimate of drug-likeness (QED) is 0.433. The Balaban J connectivity index is 1.70. The van der Waals surface area contributed by atoms with Crippen LogP contribution < -0.4 is 10.6 Å². The van der Waals surface area contributed by atoms with Crippen molar-refractivity contribution in [1.82, 2.24) is 5.32 Å². The van der Waals surface area contributed by atoms with Crippen LogP contribution in [0.4, 0.5) is 10.5 Å². The van der Waals surface area contributed by atoms with Gasteiger partial charge in [0.15, 0.2) is 0 Å². The summed E-state index contributed by atoms with van der Waals surface area (Å²) in [6.45, 7) is 9.09. The van der Waals surface area contributed by atoms with E-state index in [9.17, 15) is 14.7 Å². The highest BCUT2D eigenvalue weighted by Gasteiger charge is 2.35. The van der Waals surface area contributed by atoms with Gasteiger partial charge in [-0.15, -0.1) is 0 Å². The molecule has 0 aromatic heterocycles. The van der Waals surface area contributed by atoms with Crippen molar-refractivity contribution in [2.75, 3.05) is 11.9 Å². The number of benzene rings is 2. The summed E-state index contributed by atoms with van der Waals surface area (Å²) in [5, 5.41) is 15.6. The van der Waals surface area contributed by atoms with E-state index in [0.717, 1.165) is 54.5 Å². The Hall–Kier alpha value is -2.82. The Labute approximate surface area is 191 Å². The van der Waals surface area contributed by atoms with Crippen LogP contribution in [0.15, 0.2) is 42.5 Å². The Morgan fingerprint density at radius 3 is 2.12 bits per heavy atom. The Morgan fingerprint density at radius 1 is 0.969 bits per heavy atom. The van der Waals surface area contributed by atoms with Gasteiger partial charge in [-0.3, -0.25) is 0 Å². The number of hydrogen-bond acceptors (Lipinski definition) is 2. The van der Waals surface area contributed by atoms with Crippen LogP contribution >= 0.6 is 0 Å². The number of amides is 2. The second-order valence-electron chi connectivity index (χ2n) is 9.63. The topological polar surface area (TPSA) is 78.4 Å². The monoisotopic (exact) mass is 436 g/mol. The predicted molar refractivity (Wildman–Crippen MR) is 130 cm³/mol. The molecule has 0 heterocycles. The van der Waals surface area contributed by atoms with E-state index in [1.807, 2.05) is 18.2 Å². The number of aromatic carboxylic acids is 1. The molecule has 3 rings (SSSR count). The zero-order valence-corrected chi connectivity index (χ0v) is 19.7. The molecule has 2 aromatic carbocycles. The van der Waals surface area contributed by atoms with Crippen molar-refractivity contribution < 1.29 is 14.7 Å². The van der Waals surface area contributed by atoms with Gasteiger partial charge in [0.25, 0.3) is 0 Å². The van der Waals surface area contributed by atoms with Crippen molar-refractivity contribution in [3.63, 3.8) is 0 Å². The molecule has 0 unspecified atom stereocenters. The molecule has 1 aliphatic carbocycles. The maximum Gasteiger partial charge on any atom is 0.335 e. The Morgan fingerprint density at radius 2 is 1.56 bits per heavy atom. The summed E-state index contributed by atoms with van der Waals surface area (Å²) in [6.07, 6.45) is 5.10. The fourth-order valence-electron chi connectivity index (χ4n) is 4.99. The number of carbonyl (C=O) groups is 2. The van der Waals surface area contributed by atoms with Gasteiger partial charge in [-0.05, 0) is 65.3 Å². The number of rotatable bonds is 8. The molecule has 0 bridgehead atoms. The molecule has 0 saturated heterocycles. The number of carboxylic acid groups (broad SMARTS) is 1. The van der Waals surface area contributed by atoms with Crippen LogP contribution in [0.25, 0.3) is 0 Å². The van der Waals surface area contributed by atoms with E-state index in [4.69, 9.17) is 0 Å². The van der Waals surface area contributed by atoms with E-state index in [2.05, 4.69) is 56.5 Å². The molecule has 0 aliphatic heterocycles. The number of para-hydroxylation sites is 1. The molecule has 2 aromatic rings. The van der Waals surface area contributed by atoms with Gasteiger partial charge in [-0.2, -0.15) is 0 Å². The van der Waals surface area contributed by atoms with Crippen LogP contribution in [0.2, 0.25) is 0 Å². The first-order valence-corrected chi connectivity index (χ1v) is 11.7. The summed E-state index contributed by atoms with van der Waals surface area (Å²) in [4.78, 5) is 24.3. The van der Waals surface area contributed by atoms with Gasteiger partial charge < -0.3 is 15.7 Å². The van der Waals surface area contributed by atoms with Crippen molar-refractivity contribution in [3.8, 4) is 0 Å². The standard InChI is InChI=1S/C27H36N2O3/c1-18(2)22-11-8-12-23(19(3)4)24(22)29-26(32)28-16-15-27(13-5-6-14-27)21-10-7-9-20(17-21)25(30)31/h7-12,17-19H,5-6,13-16H2,1-4H3,(H,30,31)(H2,28,29,32). The number of carbonyl (C=O) groups excluding carboxylic acids is 1. The zero-order valence-electron chi connectivity index (χ0n) is 19.7. The first-order chi connectivity index (χ1) is 15.2. The van der Waals surface area contributed by atoms with Gasteiger partial charge in [0.2, 0.25) is 0 Å². The molecule has 0 atom stereocenters. The molecule has 5 heteroatoms. The van der Waals surface area contributed by atoms with E-state index in [-0.39, 0.29) is 11.4 Å². The molecule has 172 valence electrons. The zero-order chi connectivity index (χ0) is 23.3. The second-order valence-corrected chi connectivity index (χ2v) is 9.63. The van der Waals surface area contributed by atoms with E-state index in [0.29, 0.717) is 23.9 Å². The van der Waals surface area contributed by atoms with Crippen molar-refractivity contribution in [2.24, 2.45) is 0 Å². The average Bonchev–Trinajstić information content (AvgIpc) is 3.23. The smallest absolute Gasteiger partial charge is 0.335 e. The summed E-state index contributed by atoms with van der Waals surface area (Å²) >= 11 is 0. The minimum Gasteiger partial charge on any atom is -0.478 e. The number of nitrogens with one attached hydrogen (secondary N) is 2. The Kier molecular flexibility index (Phi) is 7.60. The van der Waals surface area contributed by atoms with E-state index >= 15 is 0 Å². The molecular formula is C27H36N2O3. The van der Waals surface area contributed by atoms with E-state index in [1.165, 1.54) is 0 Å². The largest absolute Gasteiger partial charge is 0.478 e. The maximum atomic E-state index is 12.8. The van der Waals surface area contributed by atoms with Crippen LogP contribution in [-0.4, -0.2) is 23.7 Å². The fraction of sp³-hybridized carbons (Fsp3) is 0.481. The second kappa shape index (κ2) is 10.2. The molecule has 1 fully saturated rings. The fourth-order valence-corrected chi connectivity index (χ4v) is 4.99. The molecule has 1 aliphatic rings. The number of urea groups is 1. The SMILES string of the molecule is CC(C)c1cccc(C(C)C)c1NC(=O)NCCC1(c2cccc(C(=O)O)c2)CCCC1. The van der Waals surface area contributed by atoms with Crippen molar-refractivity contribution in [1.29, 1.82) is 0 Å². The average molecular weight is 437 g/mol. The molecule has 5 nitrogen and oxygen atoms in total. The van der Waals surface area contributed by atoms with Gasteiger partial charge >= 0.3 is 12.0 Å². The van der Waals surface area contributed by atoms with Crippen LogP contribution in [-0.2, 0) is 5.41 Å². The maximum absolute atomic E-state index is 12.8. The van der Waals surface area contributed by atoms with Crippen LogP contribution in [0, 0.1) is 0 Å². The van der Waals surface area contributed by atoms with E-state index < -0.39 is 5.97 Å². The first kappa shape index (κ1) is 23.8. The van der Waals surface area contributed by atoms with Gasteiger partial charge in [0, 0.05) is 12.2 Å². The summed E-state index contributed by atoms with van der Waals surface area (Å²) < 4.78 is 0. The Bertz CT molecular complexity index is 933. The minimum absolute atomic E-state index is 0.0718. The molecule has 1 saturated carbocycles. The lowest BCUT2D eigenvalue weighted by atomic mass is 9.75. The van der Waals surface area contributed by atoms with Crippen LogP contribution in [0.1, 0.15) is 98.7 Å². The molecule has 0 radical (unpaired) electrons. The van der Waals surface area contributed by atoms with Gasteiger partial charge in [0.05, 0.1) is 5.56 Å². The molecule has 0 spiro atoms. The third kappa shape index (κ3) is 5.32. The first-order valence-electron chi connectivity index (χ1n) is 11.7. The number of carboxylic acids is 1. The van der Waals surface area contributed by atoms with Crippen LogP contribution in [0.5, 0.6) is 0 Å². The van der Waals surface area contributed by atoms with Gasteiger partial charge in [-0.1, -0.05) is 70.9 Å². The number of hydrogen-bond donors (Lipinski definition) is 3. The third-order valence-corrected chi connectivity index (χ3v) is 6.78. The van der Waals surface area contributed by atoms with Gasteiger partial charge in [-0.25, -0.2) is 9.59 Å². The molecule has 2 amide bonds. The third-order valence-electron chi connectivity index (χ3n) is 6.78. The summed E-state index contributed by atoms with van der Waals surface area (Å²) in [5.41, 5.74) is 4.53. The van der Waals surface area contributed by atoms with Crippen molar-refractivity contribution in [2.45, 2.75) is 77.0 Å². The minimum atomic E-state index is -0.901. The molecule has 3 N–H and O–H groups in total. The summed E-state index contributed by atoms with van der Waals surface area (Å²) in [6, 6.07) is 13.3. The van der Waals surface area contributed by atoms with Crippen molar-refractivity contribution >= 4 is 17.7 Å². The van der Waals surface area contributed by atoms with Crippen molar-refractivity contribution in [3.05, 3.63) is 64.7 Å². The number of anilines is 1. The van der Waals surface area contributed by atoms with Gasteiger partial charge in [0.1, 0.15) is 0 Å². The highest BCUT2D eigenvalue weighted by atomic mass is 16.4. The molecule has 32 heavy (non-hydrogen) atoms. The summed E-state index contributed by atoms with van der Waals surface area (Å²) in [7, 11) is 0. The lowest BCUT2D eigenvalue weighted by Crippen LogP contribution is -2.34. The highest BCUT2D eigenvalue weighted by molar-refractivity contribution is 5.91. The highest BCUT2D eigenvalue weighted by Crippen LogP contribution is 2.44. The normalized spacial score (nSPS) is 15.2.